The molecule has 3 rings (SSSR count). The van der Waals surface area contributed by atoms with Crippen molar-refractivity contribution >= 4 is 11.8 Å². The van der Waals surface area contributed by atoms with Crippen LogP contribution < -0.4 is 5.32 Å². The Balaban J connectivity index is 1.62. The summed E-state index contributed by atoms with van der Waals surface area (Å²) in [6, 6.07) is 2.81. The number of nitrogens with one attached hydrogen (secondary N) is 1. The van der Waals surface area contributed by atoms with Crippen LogP contribution in [0.5, 0.6) is 0 Å². The fraction of sp³-hybridized carbons (Fsp3) is 0.667. The van der Waals surface area contributed by atoms with Gasteiger partial charge < -0.3 is 19.7 Å². The summed E-state index contributed by atoms with van der Waals surface area (Å²) in [5.74, 6) is -0.148. The first-order valence-corrected chi connectivity index (χ1v) is 8.94. The number of carbonyl (C=O) groups is 2. The lowest BCUT2D eigenvalue weighted by Gasteiger charge is -2.36. The zero-order valence-corrected chi connectivity index (χ0v) is 14.0. The largest absolute Gasteiger partial charge is 0.459 e. The minimum Gasteiger partial charge on any atom is -0.459 e. The van der Waals surface area contributed by atoms with Gasteiger partial charge in [0.1, 0.15) is 6.04 Å². The first-order valence-electron chi connectivity index (χ1n) is 8.94. The van der Waals surface area contributed by atoms with E-state index in [-0.39, 0.29) is 24.1 Å². The number of amides is 2. The summed E-state index contributed by atoms with van der Waals surface area (Å²) in [6.07, 6.45) is 8.52. The summed E-state index contributed by atoms with van der Waals surface area (Å²) in [6.45, 7) is 0.826. The van der Waals surface area contributed by atoms with Crippen molar-refractivity contribution in [3.8, 4) is 0 Å². The van der Waals surface area contributed by atoms with Gasteiger partial charge in [-0.05, 0) is 44.2 Å². The van der Waals surface area contributed by atoms with E-state index in [2.05, 4.69) is 5.32 Å². The molecule has 1 aliphatic heterocycles. The smallest absolute Gasteiger partial charge is 0.290 e. The van der Waals surface area contributed by atoms with Gasteiger partial charge in [0.2, 0.25) is 5.91 Å². The van der Waals surface area contributed by atoms with Gasteiger partial charge in [-0.3, -0.25) is 9.59 Å². The van der Waals surface area contributed by atoms with Gasteiger partial charge in [0.15, 0.2) is 5.76 Å². The predicted octanol–water partition coefficient (Wildman–Crippen LogP) is 2.09. The number of furan rings is 1. The molecule has 6 nitrogen and oxygen atoms in total. The Morgan fingerprint density at radius 3 is 2.75 bits per heavy atom. The molecule has 1 atom stereocenters. The van der Waals surface area contributed by atoms with E-state index in [0.29, 0.717) is 13.0 Å². The van der Waals surface area contributed by atoms with Crippen molar-refractivity contribution in [1.29, 1.82) is 0 Å². The molecule has 2 fully saturated rings. The average Bonchev–Trinajstić information content (AvgIpc) is 3.14. The van der Waals surface area contributed by atoms with E-state index in [0.717, 1.165) is 44.9 Å². The molecule has 2 aliphatic rings. The number of rotatable bonds is 4. The molecular weight excluding hydrogens is 308 g/mol. The summed E-state index contributed by atoms with van der Waals surface area (Å²) >= 11 is 0. The lowest BCUT2D eigenvalue weighted by molar-refractivity contribution is -0.128. The number of hydrogen-bond donors (Lipinski definition) is 2. The monoisotopic (exact) mass is 334 g/mol. The van der Waals surface area contributed by atoms with E-state index in [4.69, 9.17) is 4.42 Å². The topological polar surface area (TPSA) is 82.8 Å². The molecule has 1 unspecified atom stereocenters. The summed E-state index contributed by atoms with van der Waals surface area (Å²) in [5, 5.41) is 13.4. The summed E-state index contributed by atoms with van der Waals surface area (Å²) < 4.78 is 5.18. The Labute approximate surface area is 142 Å². The second-order valence-corrected chi connectivity index (χ2v) is 6.99. The first-order chi connectivity index (χ1) is 11.6. The Morgan fingerprint density at radius 1 is 1.25 bits per heavy atom. The van der Waals surface area contributed by atoms with Crippen molar-refractivity contribution in [2.45, 2.75) is 63.0 Å². The molecule has 6 heteroatoms. The van der Waals surface area contributed by atoms with Gasteiger partial charge in [0, 0.05) is 13.1 Å². The molecule has 1 aromatic rings. The zero-order valence-electron chi connectivity index (χ0n) is 14.0. The maximum Gasteiger partial charge on any atom is 0.290 e. The lowest BCUT2D eigenvalue weighted by atomic mass is 9.85. The van der Waals surface area contributed by atoms with Crippen molar-refractivity contribution in [1.82, 2.24) is 10.2 Å². The maximum absolute atomic E-state index is 12.6. The van der Waals surface area contributed by atoms with Gasteiger partial charge in [0.25, 0.3) is 5.91 Å². The fourth-order valence-corrected chi connectivity index (χ4v) is 3.75. The number of nitrogens with zero attached hydrogens (tertiary/aromatic N) is 1. The molecule has 1 aliphatic carbocycles. The highest BCUT2D eigenvalue weighted by Gasteiger charge is 2.35. The highest BCUT2D eigenvalue weighted by molar-refractivity contribution is 5.95. The van der Waals surface area contributed by atoms with E-state index in [1.54, 1.807) is 17.0 Å². The summed E-state index contributed by atoms with van der Waals surface area (Å²) in [7, 11) is 0. The molecule has 24 heavy (non-hydrogen) atoms. The molecule has 0 bridgehead atoms. The maximum atomic E-state index is 12.6. The molecule has 1 aromatic heterocycles. The Hall–Kier alpha value is -1.82. The highest BCUT2D eigenvalue weighted by Crippen LogP contribution is 2.27. The fourth-order valence-electron chi connectivity index (χ4n) is 3.75. The minimum atomic E-state index is -0.793. The zero-order chi connectivity index (χ0) is 17.0. The molecule has 1 saturated carbocycles. The molecule has 2 amide bonds. The van der Waals surface area contributed by atoms with Crippen LogP contribution >= 0.6 is 0 Å². The number of aliphatic hydroxyl groups is 1. The van der Waals surface area contributed by atoms with Crippen LogP contribution in [0.4, 0.5) is 0 Å². The molecule has 0 aromatic carbocycles. The van der Waals surface area contributed by atoms with E-state index < -0.39 is 11.6 Å². The normalized spacial score (nSPS) is 23.7. The number of piperidine rings is 1. The van der Waals surface area contributed by atoms with E-state index in [9.17, 15) is 14.7 Å². The van der Waals surface area contributed by atoms with E-state index >= 15 is 0 Å². The Bertz CT molecular complexity index is 564. The predicted molar refractivity (Wildman–Crippen MR) is 88.4 cm³/mol. The second kappa shape index (κ2) is 7.38. The third-order valence-corrected chi connectivity index (χ3v) is 5.17. The number of likely N-dealkylation sites (tertiary alicyclic amines) is 1. The standard InChI is InChI=1S/C18H26N2O4/c21-16(19-13-18(23)9-3-1-4-10-18)14-7-2-5-11-20(14)17(22)15-8-6-12-24-15/h6,8,12,14,23H,1-5,7,9-11,13H2,(H,19,21). The Kier molecular flexibility index (Phi) is 5.23. The van der Waals surface area contributed by atoms with Crippen LogP contribution in [0.2, 0.25) is 0 Å². The molecule has 2 heterocycles. The van der Waals surface area contributed by atoms with Crippen LogP contribution in [0.3, 0.4) is 0 Å². The quantitative estimate of drug-likeness (QED) is 0.883. The highest BCUT2D eigenvalue weighted by atomic mass is 16.3. The average molecular weight is 334 g/mol. The third kappa shape index (κ3) is 3.80. The first kappa shape index (κ1) is 17.0. The van der Waals surface area contributed by atoms with Gasteiger partial charge in [-0.2, -0.15) is 0 Å². The van der Waals surface area contributed by atoms with Gasteiger partial charge >= 0.3 is 0 Å². The minimum absolute atomic E-state index is 0.173. The van der Waals surface area contributed by atoms with Crippen LogP contribution in [-0.4, -0.2) is 46.6 Å². The van der Waals surface area contributed by atoms with Crippen LogP contribution in [-0.2, 0) is 4.79 Å². The molecule has 132 valence electrons. The second-order valence-electron chi connectivity index (χ2n) is 6.99. The van der Waals surface area contributed by atoms with Crippen molar-refractivity contribution in [2.75, 3.05) is 13.1 Å². The molecule has 0 radical (unpaired) electrons. The summed E-state index contributed by atoms with van der Waals surface area (Å²) in [4.78, 5) is 26.8. The molecular formula is C18H26N2O4. The molecule has 1 saturated heterocycles. The van der Waals surface area contributed by atoms with E-state index in [1.807, 2.05) is 0 Å². The van der Waals surface area contributed by atoms with Crippen molar-refractivity contribution < 1.29 is 19.1 Å². The number of carbonyl (C=O) groups excluding carboxylic acids is 2. The number of hydrogen-bond acceptors (Lipinski definition) is 4. The lowest BCUT2D eigenvalue weighted by Crippen LogP contribution is -2.54. The van der Waals surface area contributed by atoms with Gasteiger partial charge in [-0.1, -0.05) is 19.3 Å². The molecule has 2 N–H and O–H groups in total. The molecule has 0 spiro atoms. The van der Waals surface area contributed by atoms with Gasteiger partial charge in [0.05, 0.1) is 11.9 Å². The van der Waals surface area contributed by atoms with Crippen LogP contribution in [0.15, 0.2) is 22.8 Å². The van der Waals surface area contributed by atoms with Crippen molar-refractivity contribution in [2.24, 2.45) is 0 Å². The van der Waals surface area contributed by atoms with Crippen LogP contribution in [0.1, 0.15) is 61.9 Å². The van der Waals surface area contributed by atoms with Crippen molar-refractivity contribution in [3.63, 3.8) is 0 Å². The van der Waals surface area contributed by atoms with Gasteiger partial charge in [-0.25, -0.2) is 0 Å². The summed E-state index contributed by atoms with van der Waals surface area (Å²) in [5.41, 5.74) is -0.793. The van der Waals surface area contributed by atoms with Crippen molar-refractivity contribution in [3.05, 3.63) is 24.2 Å². The third-order valence-electron chi connectivity index (χ3n) is 5.17. The Morgan fingerprint density at radius 2 is 2.04 bits per heavy atom. The van der Waals surface area contributed by atoms with E-state index in [1.165, 1.54) is 6.26 Å². The van der Waals surface area contributed by atoms with Crippen LogP contribution in [0.25, 0.3) is 0 Å². The van der Waals surface area contributed by atoms with Gasteiger partial charge in [-0.15, -0.1) is 0 Å². The van der Waals surface area contributed by atoms with Crippen LogP contribution in [0, 0.1) is 0 Å². The SMILES string of the molecule is O=C(NCC1(O)CCCCC1)C1CCCCN1C(=O)c1ccco1.